The highest BCUT2D eigenvalue weighted by atomic mass is 127. The molecular weight excluding hydrogens is 868 g/mol. The van der Waals surface area contributed by atoms with E-state index in [1.54, 1.807) is 0 Å². The van der Waals surface area contributed by atoms with Crippen molar-refractivity contribution in [1.29, 1.82) is 0 Å². The summed E-state index contributed by atoms with van der Waals surface area (Å²) in [4.78, 5) is 0. The minimum absolute atomic E-state index is 0.0596. The molecule has 45 heavy (non-hydrogen) atoms. The lowest BCUT2D eigenvalue weighted by Gasteiger charge is -2.22. The van der Waals surface area contributed by atoms with Crippen molar-refractivity contribution in [3.63, 3.8) is 0 Å². The molecule has 0 bridgehead atoms. The van der Waals surface area contributed by atoms with Gasteiger partial charge >= 0.3 is 0 Å². The molecule has 0 radical (unpaired) electrons. The van der Waals surface area contributed by atoms with E-state index in [2.05, 4.69) is 0 Å². The highest BCUT2D eigenvalue weighted by Crippen LogP contribution is 2.39. The molecule has 0 fully saturated rings. The van der Waals surface area contributed by atoms with Gasteiger partial charge in [-0.1, -0.05) is 48.6 Å². The Bertz CT molecular complexity index is 1750. The number of sulfone groups is 1. The molecule has 0 amide bonds. The third-order valence-electron chi connectivity index (χ3n) is 6.47. The summed E-state index contributed by atoms with van der Waals surface area (Å²) in [7, 11) is -4.83. The molecule has 0 spiro atoms. The third kappa shape index (κ3) is 6.94. The van der Waals surface area contributed by atoms with E-state index in [-0.39, 0.29) is 11.1 Å². The van der Waals surface area contributed by atoms with E-state index < -0.39 is 89.6 Å². The standard InChI is InChI=1S/C30H14F10I2O2S/c31-21-17(22(32)26(36)29(39)25(21)35)9-11-19(13-1-5-15(41)6-2-13)45(43,44)20(14-3-7-16(42)8-4-14)12-10-18-23(33)27(37)30(40)28(38)24(18)34/h1-12,19-20H. The molecule has 0 N–H and O–H groups in total. The zero-order valence-corrected chi connectivity index (χ0v) is 27.0. The van der Waals surface area contributed by atoms with Gasteiger partial charge in [-0.2, -0.15) is 0 Å². The molecule has 0 aliphatic rings. The van der Waals surface area contributed by atoms with Gasteiger partial charge in [0.25, 0.3) is 0 Å². The Morgan fingerprint density at radius 2 is 0.689 bits per heavy atom. The van der Waals surface area contributed by atoms with Crippen LogP contribution in [-0.2, 0) is 9.84 Å². The maximum absolute atomic E-state index is 14.5. The van der Waals surface area contributed by atoms with Crippen LogP contribution in [0.1, 0.15) is 32.8 Å². The molecule has 0 aliphatic heterocycles. The topological polar surface area (TPSA) is 34.1 Å². The van der Waals surface area contributed by atoms with Gasteiger partial charge in [-0.25, -0.2) is 52.3 Å². The quantitative estimate of drug-likeness (QED) is 0.0765. The fourth-order valence-corrected chi connectivity index (χ4v) is 6.89. The molecule has 0 saturated heterocycles. The van der Waals surface area contributed by atoms with Gasteiger partial charge in [0.05, 0.1) is 11.1 Å². The first-order valence-corrected chi connectivity index (χ1v) is 16.0. The monoisotopic (exact) mass is 882 g/mol. The Kier molecular flexibility index (Phi) is 10.7. The van der Waals surface area contributed by atoms with Crippen molar-refractivity contribution < 1.29 is 52.3 Å². The predicted octanol–water partition coefficient (Wildman–Crippen LogP) is 9.91. The van der Waals surface area contributed by atoms with Crippen LogP contribution in [0.25, 0.3) is 12.2 Å². The van der Waals surface area contributed by atoms with Crippen LogP contribution in [0.5, 0.6) is 0 Å². The maximum atomic E-state index is 14.5. The van der Waals surface area contributed by atoms with Crippen LogP contribution in [0.3, 0.4) is 0 Å². The Morgan fingerprint density at radius 3 is 0.956 bits per heavy atom. The van der Waals surface area contributed by atoms with Crippen molar-refractivity contribution in [2.24, 2.45) is 0 Å². The summed E-state index contributed by atoms with van der Waals surface area (Å²) in [6.07, 6.45) is 2.08. The summed E-state index contributed by atoms with van der Waals surface area (Å²) >= 11 is 3.79. The van der Waals surface area contributed by atoms with Gasteiger partial charge in [-0.15, -0.1) is 0 Å². The molecule has 2 unspecified atom stereocenters. The van der Waals surface area contributed by atoms with Gasteiger partial charge < -0.3 is 0 Å². The highest BCUT2D eigenvalue weighted by Gasteiger charge is 2.35. The molecule has 4 rings (SSSR count). The minimum atomic E-state index is -4.83. The molecule has 4 aromatic carbocycles. The van der Waals surface area contributed by atoms with E-state index in [0.29, 0.717) is 31.4 Å². The summed E-state index contributed by atoms with van der Waals surface area (Å²) in [5.41, 5.74) is -3.01. The first-order valence-electron chi connectivity index (χ1n) is 12.2. The minimum Gasteiger partial charge on any atom is -0.227 e. The number of benzene rings is 4. The number of hydrogen-bond acceptors (Lipinski definition) is 2. The predicted molar refractivity (Wildman–Crippen MR) is 163 cm³/mol. The van der Waals surface area contributed by atoms with Gasteiger partial charge in [0.1, 0.15) is 10.5 Å². The van der Waals surface area contributed by atoms with Crippen molar-refractivity contribution in [1.82, 2.24) is 0 Å². The third-order valence-corrected chi connectivity index (χ3v) is 10.2. The lowest BCUT2D eigenvalue weighted by atomic mass is 10.1. The van der Waals surface area contributed by atoms with Gasteiger partial charge in [0.15, 0.2) is 56.4 Å². The second-order valence-corrected chi connectivity index (χ2v) is 13.9. The summed E-state index contributed by atoms with van der Waals surface area (Å²) in [5.74, 6) is -22.9. The van der Waals surface area contributed by atoms with Gasteiger partial charge in [0, 0.05) is 7.14 Å². The SMILES string of the molecule is O=S(=O)(C(C=Cc1c(F)c(F)c(F)c(F)c1F)c1ccc(I)cc1)C(C=Cc1c(F)c(F)c(F)c(F)c1F)c1ccc(I)cc1. The second kappa shape index (κ2) is 13.8. The molecule has 15 heteroatoms. The van der Waals surface area contributed by atoms with Crippen LogP contribution in [0.15, 0.2) is 60.7 Å². The van der Waals surface area contributed by atoms with Crippen molar-refractivity contribution in [2.75, 3.05) is 0 Å². The highest BCUT2D eigenvalue weighted by molar-refractivity contribution is 14.1. The van der Waals surface area contributed by atoms with E-state index in [9.17, 15) is 52.3 Å². The molecule has 236 valence electrons. The van der Waals surface area contributed by atoms with E-state index in [1.807, 2.05) is 45.2 Å². The van der Waals surface area contributed by atoms with E-state index in [0.717, 1.165) is 0 Å². The first-order chi connectivity index (χ1) is 21.1. The van der Waals surface area contributed by atoms with Crippen molar-refractivity contribution in [3.05, 3.63) is 148 Å². The summed E-state index contributed by atoms with van der Waals surface area (Å²) in [6.45, 7) is 0. The molecule has 0 heterocycles. The van der Waals surface area contributed by atoms with E-state index in [4.69, 9.17) is 0 Å². The fraction of sp³-hybridized carbons (Fsp3) is 0.0667. The zero-order valence-electron chi connectivity index (χ0n) is 21.8. The van der Waals surface area contributed by atoms with Crippen LogP contribution >= 0.6 is 45.2 Å². The normalized spacial score (nSPS) is 13.6. The summed E-state index contributed by atoms with van der Waals surface area (Å²) in [6, 6.07) is 11.0. The van der Waals surface area contributed by atoms with Crippen LogP contribution < -0.4 is 0 Å². The molecular formula is C30H14F10I2O2S. The molecule has 0 saturated carbocycles. The number of hydrogen-bond donors (Lipinski definition) is 0. The smallest absolute Gasteiger partial charge is 0.200 e. The molecule has 4 aromatic rings. The Hall–Kier alpha value is -2.93. The van der Waals surface area contributed by atoms with Crippen molar-refractivity contribution >= 4 is 67.2 Å². The zero-order chi connectivity index (χ0) is 33.4. The van der Waals surface area contributed by atoms with Crippen molar-refractivity contribution in [3.8, 4) is 0 Å². The fourth-order valence-electron chi connectivity index (χ4n) is 4.19. The molecule has 0 aromatic heterocycles. The van der Waals surface area contributed by atoms with Gasteiger partial charge in [-0.3, -0.25) is 0 Å². The first kappa shape index (κ1) is 34.9. The Balaban J connectivity index is 1.95. The van der Waals surface area contributed by atoms with Crippen LogP contribution in [0.4, 0.5) is 43.9 Å². The summed E-state index contributed by atoms with van der Waals surface area (Å²) < 4.78 is 170. The van der Waals surface area contributed by atoms with Gasteiger partial charge in [-0.05, 0) is 80.6 Å². The number of halogens is 12. The maximum Gasteiger partial charge on any atom is 0.200 e. The van der Waals surface area contributed by atoms with Crippen LogP contribution in [0, 0.1) is 65.3 Å². The van der Waals surface area contributed by atoms with Gasteiger partial charge in [0.2, 0.25) is 11.6 Å². The average Bonchev–Trinajstić information content (AvgIpc) is 3.01. The Labute approximate surface area is 276 Å². The average molecular weight is 882 g/mol. The van der Waals surface area contributed by atoms with E-state index >= 15 is 0 Å². The van der Waals surface area contributed by atoms with Crippen LogP contribution in [0.2, 0.25) is 0 Å². The van der Waals surface area contributed by atoms with E-state index in [1.165, 1.54) is 48.5 Å². The Morgan fingerprint density at radius 1 is 0.444 bits per heavy atom. The largest absolute Gasteiger partial charge is 0.227 e. The molecule has 0 aliphatic carbocycles. The van der Waals surface area contributed by atoms with Crippen molar-refractivity contribution in [2.45, 2.75) is 10.5 Å². The molecule has 2 atom stereocenters. The van der Waals surface area contributed by atoms with Crippen LogP contribution in [-0.4, -0.2) is 8.42 Å². The number of rotatable bonds is 8. The summed E-state index contributed by atoms with van der Waals surface area (Å²) in [5, 5.41) is -3.82. The lowest BCUT2D eigenvalue weighted by Crippen LogP contribution is -2.19. The molecule has 2 nitrogen and oxygen atoms in total. The lowest BCUT2D eigenvalue weighted by molar-refractivity contribution is 0.377. The second-order valence-electron chi connectivity index (χ2n) is 9.22.